The van der Waals surface area contributed by atoms with E-state index in [4.69, 9.17) is 10.5 Å². The molecule has 1 aliphatic rings. The van der Waals surface area contributed by atoms with Crippen molar-refractivity contribution in [3.8, 4) is 0 Å². The highest BCUT2D eigenvalue weighted by Gasteiger charge is 2.37. The van der Waals surface area contributed by atoms with E-state index in [1.54, 1.807) is 4.90 Å². The van der Waals surface area contributed by atoms with Gasteiger partial charge in [-0.2, -0.15) is 0 Å². The molecule has 3 N–H and O–H groups in total. The Morgan fingerprint density at radius 1 is 1.37 bits per heavy atom. The van der Waals surface area contributed by atoms with Gasteiger partial charge in [-0.25, -0.2) is 4.79 Å². The van der Waals surface area contributed by atoms with Crippen LogP contribution in [0.2, 0.25) is 0 Å². The summed E-state index contributed by atoms with van der Waals surface area (Å²) in [4.78, 5) is 13.6. The van der Waals surface area contributed by atoms with Gasteiger partial charge in [-0.15, -0.1) is 0 Å². The van der Waals surface area contributed by atoms with Gasteiger partial charge in [-0.3, -0.25) is 0 Å². The fraction of sp³-hybridized carbons (Fsp3) is 0.929. The number of nitrogens with two attached hydrogens (primary N) is 1. The zero-order valence-electron chi connectivity index (χ0n) is 12.6. The molecule has 1 aliphatic heterocycles. The minimum Gasteiger partial charge on any atom is -0.444 e. The number of amides is 1. The summed E-state index contributed by atoms with van der Waals surface area (Å²) >= 11 is 0. The van der Waals surface area contributed by atoms with Crippen LogP contribution in [0.15, 0.2) is 0 Å². The first kappa shape index (κ1) is 16.2. The molecule has 0 radical (unpaired) electrons. The summed E-state index contributed by atoms with van der Waals surface area (Å²) in [5, 5.41) is 10.4. The third-order valence-corrected chi connectivity index (χ3v) is 3.87. The lowest BCUT2D eigenvalue weighted by molar-refractivity contribution is -0.0428. The molecule has 0 aromatic carbocycles. The third kappa shape index (κ3) is 4.35. The first-order valence-corrected chi connectivity index (χ1v) is 7.12. The van der Waals surface area contributed by atoms with Crippen LogP contribution in [0.4, 0.5) is 4.79 Å². The van der Waals surface area contributed by atoms with Gasteiger partial charge in [0.05, 0.1) is 5.60 Å². The second-order valence-corrected chi connectivity index (χ2v) is 6.40. The Labute approximate surface area is 116 Å². The number of hydrogen-bond donors (Lipinski definition) is 2. The minimum atomic E-state index is -0.792. The summed E-state index contributed by atoms with van der Waals surface area (Å²) in [6.07, 6.45) is 1.95. The summed E-state index contributed by atoms with van der Waals surface area (Å²) < 4.78 is 5.35. The van der Waals surface area contributed by atoms with Crippen LogP contribution in [0, 0.1) is 5.92 Å². The van der Waals surface area contributed by atoms with Gasteiger partial charge in [-0.1, -0.05) is 6.92 Å². The van der Waals surface area contributed by atoms with Crippen LogP contribution in [0.5, 0.6) is 0 Å². The summed E-state index contributed by atoms with van der Waals surface area (Å²) in [6.45, 7) is 9.07. The van der Waals surface area contributed by atoms with E-state index in [1.165, 1.54) is 0 Å². The number of carbonyl (C=O) groups is 1. The highest BCUT2D eigenvalue weighted by Crippen LogP contribution is 2.30. The molecule has 112 valence electrons. The van der Waals surface area contributed by atoms with Crippen molar-refractivity contribution in [2.24, 2.45) is 11.7 Å². The van der Waals surface area contributed by atoms with E-state index in [-0.39, 0.29) is 18.6 Å². The van der Waals surface area contributed by atoms with Crippen LogP contribution in [0.1, 0.15) is 47.0 Å². The number of carbonyl (C=O) groups excluding carboxylic acids is 1. The van der Waals surface area contributed by atoms with Gasteiger partial charge in [0.2, 0.25) is 0 Å². The van der Waals surface area contributed by atoms with E-state index >= 15 is 0 Å². The first-order chi connectivity index (χ1) is 8.72. The number of piperidine rings is 1. The SMILES string of the molecule is CC[C@](O)(CN)C1CCN(C(=O)OC(C)(C)C)CC1. The number of aliphatic hydroxyl groups is 1. The van der Waals surface area contributed by atoms with Crippen LogP contribution in [0.25, 0.3) is 0 Å². The standard InChI is InChI=1S/C14H28N2O3/c1-5-14(18,10-15)11-6-8-16(9-7-11)12(17)19-13(2,3)4/h11,18H,5-10,15H2,1-4H3/t14-/m0/s1. The molecule has 0 spiro atoms. The highest BCUT2D eigenvalue weighted by atomic mass is 16.6. The Morgan fingerprint density at radius 2 is 1.89 bits per heavy atom. The monoisotopic (exact) mass is 272 g/mol. The summed E-state index contributed by atoms with van der Waals surface area (Å²) in [6, 6.07) is 0. The van der Waals surface area contributed by atoms with Crippen LogP contribution in [0.3, 0.4) is 0 Å². The maximum atomic E-state index is 11.9. The normalized spacial score (nSPS) is 21.1. The Kier molecular flexibility index (Phi) is 5.21. The maximum Gasteiger partial charge on any atom is 0.410 e. The highest BCUT2D eigenvalue weighted by molar-refractivity contribution is 5.68. The Bertz CT molecular complexity index is 300. The summed E-state index contributed by atoms with van der Waals surface area (Å²) in [7, 11) is 0. The molecule has 0 bridgehead atoms. The molecular weight excluding hydrogens is 244 g/mol. The zero-order chi connectivity index (χ0) is 14.7. The van der Waals surface area contributed by atoms with E-state index in [1.807, 2.05) is 27.7 Å². The lowest BCUT2D eigenvalue weighted by atomic mass is 9.79. The van der Waals surface area contributed by atoms with E-state index in [9.17, 15) is 9.90 Å². The molecule has 0 aromatic rings. The molecule has 5 nitrogen and oxygen atoms in total. The lowest BCUT2D eigenvalue weighted by Crippen LogP contribution is -2.50. The van der Waals surface area contributed by atoms with Crippen molar-refractivity contribution in [2.75, 3.05) is 19.6 Å². The molecule has 19 heavy (non-hydrogen) atoms. The topological polar surface area (TPSA) is 75.8 Å². The Morgan fingerprint density at radius 3 is 2.26 bits per heavy atom. The molecule has 1 saturated heterocycles. The van der Waals surface area contributed by atoms with Gasteiger partial charge in [0.15, 0.2) is 0 Å². The van der Waals surface area contributed by atoms with E-state index in [2.05, 4.69) is 0 Å². The number of ether oxygens (including phenoxy) is 1. The fourth-order valence-corrected chi connectivity index (χ4v) is 2.53. The number of rotatable bonds is 3. The predicted octanol–water partition coefficient (Wildman–Crippen LogP) is 1.73. The average Bonchev–Trinajstić information content (AvgIpc) is 2.36. The van der Waals surface area contributed by atoms with Gasteiger partial charge in [0, 0.05) is 19.6 Å². The fourth-order valence-electron chi connectivity index (χ4n) is 2.53. The number of likely N-dealkylation sites (tertiary alicyclic amines) is 1. The van der Waals surface area contributed by atoms with E-state index in [0.717, 1.165) is 12.8 Å². The molecule has 0 unspecified atom stereocenters. The van der Waals surface area contributed by atoms with Crippen LogP contribution < -0.4 is 5.73 Å². The largest absolute Gasteiger partial charge is 0.444 e. The molecule has 1 amide bonds. The van der Waals surface area contributed by atoms with Crippen molar-refractivity contribution in [1.29, 1.82) is 0 Å². The lowest BCUT2D eigenvalue weighted by Gasteiger charge is -2.40. The molecule has 0 aromatic heterocycles. The predicted molar refractivity (Wildman–Crippen MR) is 74.8 cm³/mol. The molecule has 1 rings (SSSR count). The van der Waals surface area contributed by atoms with Crippen LogP contribution in [-0.2, 0) is 4.74 Å². The second kappa shape index (κ2) is 6.09. The summed E-state index contributed by atoms with van der Waals surface area (Å²) in [5.74, 6) is 0.168. The molecule has 1 fully saturated rings. The molecular formula is C14H28N2O3. The van der Waals surface area contributed by atoms with Crippen molar-refractivity contribution >= 4 is 6.09 Å². The van der Waals surface area contributed by atoms with E-state index in [0.29, 0.717) is 19.5 Å². The third-order valence-electron chi connectivity index (χ3n) is 3.87. The Balaban J connectivity index is 2.51. The number of nitrogens with zero attached hydrogens (tertiary/aromatic N) is 1. The summed E-state index contributed by atoms with van der Waals surface area (Å²) in [5.41, 5.74) is 4.42. The van der Waals surface area contributed by atoms with Crippen LogP contribution in [-0.4, -0.2) is 46.9 Å². The van der Waals surface area contributed by atoms with Crippen molar-refractivity contribution in [3.63, 3.8) is 0 Å². The van der Waals surface area contributed by atoms with Gasteiger partial charge in [-0.05, 0) is 46.0 Å². The molecule has 5 heteroatoms. The quantitative estimate of drug-likeness (QED) is 0.820. The van der Waals surface area contributed by atoms with Gasteiger partial charge >= 0.3 is 6.09 Å². The molecule has 0 saturated carbocycles. The smallest absolute Gasteiger partial charge is 0.410 e. The van der Waals surface area contributed by atoms with Crippen LogP contribution >= 0.6 is 0 Å². The Hall–Kier alpha value is -0.810. The van der Waals surface area contributed by atoms with Crippen molar-refractivity contribution < 1.29 is 14.6 Å². The average molecular weight is 272 g/mol. The molecule has 1 atom stereocenters. The van der Waals surface area contributed by atoms with Crippen molar-refractivity contribution in [1.82, 2.24) is 4.90 Å². The van der Waals surface area contributed by atoms with E-state index < -0.39 is 11.2 Å². The first-order valence-electron chi connectivity index (χ1n) is 7.12. The van der Waals surface area contributed by atoms with Gasteiger partial charge in [0.1, 0.15) is 5.60 Å². The van der Waals surface area contributed by atoms with Crippen molar-refractivity contribution in [2.45, 2.75) is 58.2 Å². The second-order valence-electron chi connectivity index (χ2n) is 6.40. The number of hydrogen-bond acceptors (Lipinski definition) is 4. The molecule has 0 aliphatic carbocycles. The minimum absolute atomic E-state index is 0.168. The zero-order valence-corrected chi connectivity index (χ0v) is 12.6. The van der Waals surface area contributed by atoms with Gasteiger partial charge in [0.25, 0.3) is 0 Å². The van der Waals surface area contributed by atoms with Crippen molar-refractivity contribution in [3.05, 3.63) is 0 Å². The maximum absolute atomic E-state index is 11.9. The van der Waals surface area contributed by atoms with Gasteiger partial charge < -0.3 is 20.5 Å². The molecule has 1 heterocycles.